The van der Waals surface area contributed by atoms with Gasteiger partial charge in [0.15, 0.2) is 5.78 Å². The Morgan fingerprint density at radius 1 is 0.955 bits per heavy atom. The number of carbonyl (C=O) groups excluding carboxylic acids is 1. The lowest BCUT2D eigenvalue weighted by atomic mass is 10.0. The highest BCUT2D eigenvalue weighted by atomic mass is 32.2. The summed E-state index contributed by atoms with van der Waals surface area (Å²) in [6.45, 7) is 2.97. The molecule has 3 heteroatoms. The molecule has 0 spiro atoms. The molecule has 2 aromatic rings. The van der Waals surface area contributed by atoms with Gasteiger partial charge in [-0.3, -0.25) is 9.69 Å². The van der Waals surface area contributed by atoms with Crippen LogP contribution in [0, 0.1) is 0 Å². The van der Waals surface area contributed by atoms with Crippen molar-refractivity contribution in [3.8, 4) is 0 Å². The SMILES string of the molecule is CSc1ccc(C(=O)c2ccc(CN3CC=CC3)cc2)cc1. The van der Waals surface area contributed by atoms with Gasteiger partial charge < -0.3 is 0 Å². The van der Waals surface area contributed by atoms with Gasteiger partial charge in [-0.05, 0) is 36.1 Å². The van der Waals surface area contributed by atoms with E-state index in [2.05, 4.69) is 29.2 Å². The molecular weight excluding hydrogens is 290 g/mol. The predicted octanol–water partition coefficient (Wildman–Crippen LogP) is 4.01. The van der Waals surface area contributed by atoms with Crippen molar-refractivity contribution in [3.05, 3.63) is 77.4 Å². The second-order valence-corrected chi connectivity index (χ2v) is 6.30. The van der Waals surface area contributed by atoms with Gasteiger partial charge >= 0.3 is 0 Å². The molecule has 0 aliphatic carbocycles. The molecule has 1 aliphatic rings. The maximum atomic E-state index is 12.5. The number of rotatable bonds is 5. The second-order valence-electron chi connectivity index (χ2n) is 5.42. The van der Waals surface area contributed by atoms with Gasteiger partial charge in [-0.15, -0.1) is 11.8 Å². The van der Waals surface area contributed by atoms with Gasteiger partial charge in [0.1, 0.15) is 0 Å². The summed E-state index contributed by atoms with van der Waals surface area (Å²) in [5.41, 5.74) is 2.74. The molecule has 22 heavy (non-hydrogen) atoms. The summed E-state index contributed by atoms with van der Waals surface area (Å²) in [4.78, 5) is 16.0. The van der Waals surface area contributed by atoms with Gasteiger partial charge in [-0.1, -0.05) is 36.4 Å². The number of nitrogens with zero attached hydrogens (tertiary/aromatic N) is 1. The molecule has 2 aromatic carbocycles. The zero-order chi connectivity index (χ0) is 15.4. The minimum Gasteiger partial charge on any atom is -0.292 e. The standard InChI is InChI=1S/C19H19NOS/c1-22-18-10-8-17(9-11-18)19(21)16-6-4-15(5-7-16)14-20-12-2-3-13-20/h2-11H,12-14H2,1H3. The van der Waals surface area contributed by atoms with E-state index in [0.717, 1.165) is 30.8 Å². The molecule has 0 radical (unpaired) electrons. The third-order valence-corrected chi connectivity index (χ3v) is 4.61. The summed E-state index contributed by atoms with van der Waals surface area (Å²) < 4.78 is 0. The van der Waals surface area contributed by atoms with E-state index in [1.165, 1.54) is 10.5 Å². The fourth-order valence-electron chi connectivity index (χ4n) is 2.58. The van der Waals surface area contributed by atoms with Crippen molar-refractivity contribution in [3.63, 3.8) is 0 Å². The molecule has 1 aliphatic heterocycles. The van der Waals surface area contributed by atoms with E-state index in [1.807, 2.05) is 42.7 Å². The maximum absolute atomic E-state index is 12.5. The molecule has 0 aromatic heterocycles. The number of carbonyl (C=O) groups is 1. The predicted molar refractivity (Wildman–Crippen MR) is 92.5 cm³/mol. The Kier molecular flexibility index (Phi) is 4.76. The summed E-state index contributed by atoms with van der Waals surface area (Å²) in [6.07, 6.45) is 6.41. The first-order valence-electron chi connectivity index (χ1n) is 7.41. The molecule has 0 saturated carbocycles. The van der Waals surface area contributed by atoms with Crippen molar-refractivity contribution in [1.29, 1.82) is 0 Å². The Balaban J connectivity index is 1.69. The van der Waals surface area contributed by atoms with Crippen molar-refractivity contribution in [2.24, 2.45) is 0 Å². The largest absolute Gasteiger partial charge is 0.292 e. The van der Waals surface area contributed by atoms with Crippen LogP contribution in [-0.4, -0.2) is 30.0 Å². The zero-order valence-electron chi connectivity index (χ0n) is 12.7. The van der Waals surface area contributed by atoms with Crippen LogP contribution in [0.4, 0.5) is 0 Å². The van der Waals surface area contributed by atoms with Crippen LogP contribution in [-0.2, 0) is 6.54 Å². The summed E-state index contributed by atoms with van der Waals surface area (Å²) in [7, 11) is 0. The van der Waals surface area contributed by atoms with Crippen molar-refractivity contribution in [2.75, 3.05) is 19.3 Å². The summed E-state index contributed by atoms with van der Waals surface area (Å²) >= 11 is 1.68. The van der Waals surface area contributed by atoms with Gasteiger partial charge in [-0.25, -0.2) is 0 Å². The molecule has 0 N–H and O–H groups in total. The molecule has 2 nitrogen and oxygen atoms in total. The summed E-state index contributed by atoms with van der Waals surface area (Å²) in [6, 6.07) is 15.8. The van der Waals surface area contributed by atoms with E-state index < -0.39 is 0 Å². The Hall–Kier alpha value is -1.84. The number of hydrogen-bond donors (Lipinski definition) is 0. The molecule has 0 bridgehead atoms. The van der Waals surface area contributed by atoms with Crippen LogP contribution in [0.1, 0.15) is 21.5 Å². The van der Waals surface area contributed by atoms with E-state index >= 15 is 0 Å². The molecule has 3 rings (SSSR count). The number of ketones is 1. The van der Waals surface area contributed by atoms with Crippen LogP contribution < -0.4 is 0 Å². The van der Waals surface area contributed by atoms with E-state index in [9.17, 15) is 4.79 Å². The average molecular weight is 309 g/mol. The minimum atomic E-state index is 0.0852. The highest BCUT2D eigenvalue weighted by molar-refractivity contribution is 7.98. The minimum absolute atomic E-state index is 0.0852. The van der Waals surface area contributed by atoms with E-state index in [-0.39, 0.29) is 5.78 Å². The van der Waals surface area contributed by atoms with Crippen molar-refractivity contribution in [1.82, 2.24) is 4.90 Å². The van der Waals surface area contributed by atoms with Crippen LogP contribution >= 0.6 is 11.8 Å². The lowest BCUT2D eigenvalue weighted by Gasteiger charge is -2.14. The smallest absolute Gasteiger partial charge is 0.193 e. The van der Waals surface area contributed by atoms with Crippen molar-refractivity contribution in [2.45, 2.75) is 11.4 Å². The molecule has 112 valence electrons. The van der Waals surface area contributed by atoms with Gasteiger partial charge in [0.2, 0.25) is 0 Å². The van der Waals surface area contributed by atoms with Gasteiger partial charge in [0, 0.05) is 35.7 Å². The van der Waals surface area contributed by atoms with Gasteiger partial charge in [0.25, 0.3) is 0 Å². The van der Waals surface area contributed by atoms with Crippen LogP contribution in [0.25, 0.3) is 0 Å². The van der Waals surface area contributed by atoms with Crippen LogP contribution in [0.5, 0.6) is 0 Å². The molecule has 0 amide bonds. The van der Waals surface area contributed by atoms with Crippen molar-refractivity contribution >= 4 is 17.5 Å². The van der Waals surface area contributed by atoms with Gasteiger partial charge in [-0.2, -0.15) is 0 Å². The lowest BCUT2D eigenvalue weighted by Crippen LogP contribution is -2.19. The molecule has 0 unspecified atom stereocenters. The quantitative estimate of drug-likeness (QED) is 0.473. The van der Waals surface area contributed by atoms with E-state index in [4.69, 9.17) is 0 Å². The monoisotopic (exact) mass is 309 g/mol. The zero-order valence-corrected chi connectivity index (χ0v) is 13.5. The third kappa shape index (κ3) is 3.49. The molecule has 0 saturated heterocycles. The first kappa shape index (κ1) is 15.1. The number of thioether (sulfide) groups is 1. The summed E-state index contributed by atoms with van der Waals surface area (Å²) in [5.74, 6) is 0.0852. The number of benzene rings is 2. The van der Waals surface area contributed by atoms with Crippen LogP contribution in [0.3, 0.4) is 0 Å². The van der Waals surface area contributed by atoms with E-state index in [1.54, 1.807) is 11.8 Å². The Bertz CT molecular complexity index is 666. The Morgan fingerprint density at radius 2 is 1.50 bits per heavy atom. The Morgan fingerprint density at radius 3 is 2.05 bits per heavy atom. The first-order chi connectivity index (χ1) is 10.8. The third-order valence-electron chi connectivity index (χ3n) is 3.87. The van der Waals surface area contributed by atoms with Crippen LogP contribution in [0.2, 0.25) is 0 Å². The first-order valence-corrected chi connectivity index (χ1v) is 8.64. The van der Waals surface area contributed by atoms with Crippen LogP contribution in [0.15, 0.2) is 65.6 Å². The molecule has 0 atom stereocenters. The second kappa shape index (κ2) is 6.95. The lowest BCUT2D eigenvalue weighted by molar-refractivity contribution is 0.103. The highest BCUT2D eigenvalue weighted by Gasteiger charge is 2.10. The highest BCUT2D eigenvalue weighted by Crippen LogP contribution is 2.18. The normalized spacial score (nSPS) is 14.4. The maximum Gasteiger partial charge on any atom is 0.193 e. The number of hydrogen-bond acceptors (Lipinski definition) is 3. The molecule has 1 heterocycles. The van der Waals surface area contributed by atoms with Crippen molar-refractivity contribution < 1.29 is 4.79 Å². The van der Waals surface area contributed by atoms with E-state index in [0.29, 0.717) is 0 Å². The average Bonchev–Trinajstić information content (AvgIpc) is 3.08. The fraction of sp³-hybridized carbons (Fsp3) is 0.211. The Labute approximate surface area is 135 Å². The molecule has 0 fully saturated rings. The topological polar surface area (TPSA) is 20.3 Å². The molecular formula is C19H19NOS. The summed E-state index contributed by atoms with van der Waals surface area (Å²) in [5, 5.41) is 0. The van der Waals surface area contributed by atoms with Gasteiger partial charge in [0.05, 0.1) is 0 Å². The fourth-order valence-corrected chi connectivity index (χ4v) is 2.99.